The normalized spacial score (nSPS) is 10.4. The number of carbonyl (C=O) groups is 1. The molecule has 0 saturated carbocycles. The van der Waals surface area contributed by atoms with Crippen LogP contribution in [0.4, 0.5) is 4.39 Å². The van der Waals surface area contributed by atoms with Crippen molar-refractivity contribution in [1.82, 2.24) is 0 Å². The smallest absolute Gasteiger partial charge is 0.134 e. The van der Waals surface area contributed by atoms with Crippen LogP contribution in [0.2, 0.25) is 0 Å². The van der Waals surface area contributed by atoms with Crippen molar-refractivity contribution in [1.29, 1.82) is 0 Å². The third-order valence-electron chi connectivity index (χ3n) is 2.65. The zero-order chi connectivity index (χ0) is 13.1. The van der Waals surface area contributed by atoms with E-state index in [1.807, 2.05) is 24.3 Å². The molecule has 0 unspecified atom stereocenters. The summed E-state index contributed by atoms with van der Waals surface area (Å²) in [7, 11) is 0. The van der Waals surface area contributed by atoms with Gasteiger partial charge in [-0.2, -0.15) is 0 Å². The van der Waals surface area contributed by atoms with Crippen LogP contribution in [0.25, 0.3) is 11.1 Å². The molecule has 0 spiro atoms. The molecule has 0 bridgehead atoms. The average Bonchev–Trinajstić information content (AvgIpc) is 2.33. The first-order valence-corrected chi connectivity index (χ1v) is 6.39. The van der Waals surface area contributed by atoms with Gasteiger partial charge in [0.1, 0.15) is 11.6 Å². The van der Waals surface area contributed by atoms with E-state index in [1.54, 1.807) is 19.1 Å². The van der Waals surface area contributed by atoms with Gasteiger partial charge in [-0.15, -0.1) is 0 Å². The Kier molecular flexibility index (Phi) is 3.92. The molecule has 2 aromatic carbocycles. The van der Waals surface area contributed by atoms with Crippen molar-refractivity contribution in [3.05, 3.63) is 58.3 Å². The van der Waals surface area contributed by atoms with Crippen LogP contribution >= 0.6 is 15.9 Å². The van der Waals surface area contributed by atoms with Crippen LogP contribution in [0, 0.1) is 5.82 Å². The topological polar surface area (TPSA) is 17.1 Å². The number of hydrogen-bond donors (Lipinski definition) is 0. The van der Waals surface area contributed by atoms with E-state index in [2.05, 4.69) is 15.9 Å². The van der Waals surface area contributed by atoms with Crippen molar-refractivity contribution >= 4 is 21.7 Å². The number of halogens is 2. The van der Waals surface area contributed by atoms with Crippen LogP contribution in [-0.4, -0.2) is 5.78 Å². The predicted octanol–water partition coefficient (Wildman–Crippen LogP) is 4.39. The summed E-state index contributed by atoms with van der Waals surface area (Å²) in [6, 6.07) is 12.2. The predicted molar refractivity (Wildman–Crippen MR) is 73.9 cm³/mol. The van der Waals surface area contributed by atoms with Crippen molar-refractivity contribution in [2.45, 2.75) is 13.3 Å². The zero-order valence-corrected chi connectivity index (χ0v) is 11.5. The van der Waals surface area contributed by atoms with E-state index in [0.29, 0.717) is 12.0 Å². The molecule has 0 amide bonds. The van der Waals surface area contributed by atoms with Crippen LogP contribution in [0.3, 0.4) is 0 Å². The first-order valence-electron chi connectivity index (χ1n) is 5.60. The van der Waals surface area contributed by atoms with Gasteiger partial charge in [0.05, 0.1) is 0 Å². The lowest BCUT2D eigenvalue weighted by molar-refractivity contribution is -0.116. The molecule has 18 heavy (non-hydrogen) atoms. The molecule has 0 N–H and O–H groups in total. The number of hydrogen-bond acceptors (Lipinski definition) is 1. The van der Waals surface area contributed by atoms with Gasteiger partial charge in [0.2, 0.25) is 0 Å². The molecular weight excluding hydrogens is 295 g/mol. The summed E-state index contributed by atoms with van der Waals surface area (Å²) in [5.41, 5.74) is 2.31. The van der Waals surface area contributed by atoms with Crippen LogP contribution < -0.4 is 0 Å². The Labute approximate surface area is 114 Å². The van der Waals surface area contributed by atoms with Gasteiger partial charge in [-0.1, -0.05) is 40.2 Å². The Morgan fingerprint density at radius 2 is 1.83 bits per heavy atom. The van der Waals surface area contributed by atoms with Crippen molar-refractivity contribution in [2.24, 2.45) is 0 Å². The van der Waals surface area contributed by atoms with E-state index < -0.39 is 0 Å². The first-order chi connectivity index (χ1) is 8.56. The highest BCUT2D eigenvalue weighted by Crippen LogP contribution is 2.26. The zero-order valence-electron chi connectivity index (χ0n) is 9.91. The van der Waals surface area contributed by atoms with Gasteiger partial charge < -0.3 is 0 Å². The molecule has 0 aliphatic carbocycles. The largest absolute Gasteiger partial charge is 0.300 e. The molecule has 0 radical (unpaired) electrons. The summed E-state index contributed by atoms with van der Waals surface area (Å²) in [4.78, 5) is 11.0. The highest BCUT2D eigenvalue weighted by Gasteiger charge is 2.06. The van der Waals surface area contributed by atoms with Crippen molar-refractivity contribution in [3.63, 3.8) is 0 Å². The summed E-state index contributed by atoms with van der Waals surface area (Å²) in [6.45, 7) is 1.56. The Morgan fingerprint density at radius 1 is 1.17 bits per heavy atom. The third-order valence-corrected chi connectivity index (χ3v) is 3.14. The minimum Gasteiger partial charge on any atom is -0.300 e. The number of ketones is 1. The molecule has 2 rings (SSSR count). The molecule has 0 aromatic heterocycles. The summed E-state index contributed by atoms with van der Waals surface area (Å²) < 4.78 is 14.5. The van der Waals surface area contributed by atoms with Crippen LogP contribution in [0.15, 0.2) is 46.9 Å². The fourth-order valence-electron chi connectivity index (χ4n) is 1.81. The van der Waals surface area contributed by atoms with Crippen molar-refractivity contribution < 1.29 is 9.18 Å². The lowest BCUT2D eigenvalue weighted by atomic mass is 10.0. The summed E-state index contributed by atoms with van der Waals surface area (Å²) in [6.07, 6.45) is 0.418. The van der Waals surface area contributed by atoms with Gasteiger partial charge in [0, 0.05) is 16.5 Å². The molecule has 92 valence electrons. The minimum absolute atomic E-state index is 0.122. The van der Waals surface area contributed by atoms with Gasteiger partial charge in [0.25, 0.3) is 0 Å². The molecule has 0 aliphatic heterocycles. The molecule has 2 aromatic rings. The van der Waals surface area contributed by atoms with E-state index in [1.165, 1.54) is 6.07 Å². The Balaban J connectivity index is 2.34. The maximum Gasteiger partial charge on any atom is 0.134 e. The quantitative estimate of drug-likeness (QED) is 0.822. The lowest BCUT2D eigenvalue weighted by Gasteiger charge is -2.05. The second-order valence-electron chi connectivity index (χ2n) is 4.20. The molecular formula is C15H12BrFO. The second-order valence-corrected chi connectivity index (χ2v) is 5.12. The molecule has 1 nitrogen and oxygen atoms in total. The van der Waals surface area contributed by atoms with Crippen LogP contribution in [0.1, 0.15) is 12.5 Å². The Morgan fingerprint density at radius 3 is 2.44 bits per heavy atom. The molecule has 3 heteroatoms. The number of Topliss-reactive ketones (excluding diaryl/α,β-unsaturated/α-hetero) is 1. The monoisotopic (exact) mass is 306 g/mol. The summed E-state index contributed by atoms with van der Waals surface area (Å²) >= 11 is 3.33. The number of benzene rings is 2. The van der Waals surface area contributed by atoms with Gasteiger partial charge in [-0.3, -0.25) is 4.79 Å². The van der Waals surface area contributed by atoms with Gasteiger partial charge >= 0.3 is 0 Å². The Hall–Kier alpha value is -1.48. The average molecular weight is 307 g/mol. The fourth-order valence-corrected chi connectivity index (χ4v) is 2.17. The van der Waals surface area contributed by atoms with Crippen LogP contribution in [0.5, 0.6) is 0 Å². The molecule has 0 fully saturated rings. The van der Waals surface area contributed by atoms with E-state index in [4.69, 9.17) is 0 Å². The molecule has 0 atom stereocenters. The Bertz CT molecular complexity index is 576. The van der Waals surface area contributed by atoms with Crippen molar-refractivity contribution in [2.75, 3.05) is 0 Å². The fraction of sp³-hybridized carbons (Fsp3) is 0.133. The molecule has 0 aliphatic rings. The standard InChI is InChI=1S/C15H12BrFO/c1-10(18)8-11-2-4-12(5-3-11)14-9-13(16)6-7-15(14)17/h2-7,9H,8H2,1H3. The van der Waals surface area contributed by atoms with Gasteiger partial charge in [-0.05, 0) is 36.2 Å². The number of carbonyl (C=O) groups excluding carboxylic acids is 1. The maximum atomic E-state index is 13.7. The van der Waals surface area contributed by atoms with Gasteiger partial charge in [-0.25, -0.2) is 4.39 Å². The summed E-state index contributed by atoms with van der Waals surface area (Å²) in [5.74, 6) is -0.131. The van der Waals surface area contributed by atoms with E-state index in [0.717, 1.165) is 15.6 Å². The highest BCUT2D eigenvalue weighted by atomic mass is 79.9. The number of rotatable bonds is 3. The maximum absolute atomic E-state index is 13.7. The molecule has 0 saturated heterocycles. The van der Waals surface area contributed by atoms with E-state index in [-0.39, 0.29) is 11.6 Å². The van der Waals surface area contributed by atoms with Crippen LogP contribution in [-0.2, 0) is 11.2 Å². The lowest BCUT2D eigenvalue weighted by Crippen LogP contribution is -1.95. The van der Waals surface area contributed by atoms with Crippen molar-refractivity contribution in [3.8, 4) is 11.1 Å². The van der Waals surface area contributed by atoms with Gasteiger partial charge in [0.15, 0.2) is 0 Å². The first kappa shape index (κ1) is 13.0. The summed E-state index contributed by atoms with van der Waals surface area (Å²) in [5, 5.41) is 0. The molecule has 0 heterocycles. The second kappa shape index (κ2) is 5.44. The SMILES string of the molecule is CC(=O)Cc1ccc(-c2cc(Br)ccc2F)cc1. The van der Waals surface area contributed by atoms with E-state index in [9.17, 15) is 9.18 Å². The third kappa shape index (κ3) is 3.05. The highest BCUT2D eigenvalue weighted by molar-refractivity contribution is 9.10. The minimum atomic E-state index is -0.252. The van der Waals surface area contributed by atoms with E-state index >= 15 is 0 Å².